The third kappa shape index (κ3) is 9.11. The number of aryl methyl sites for hydroxylation is 1. The van der Waals surface area contributed by atoms with E-state index in [9.17, 15) is 5.11 Å². The number of aliphatic imine (C=N–C) groups is 1. The van der Waals surface area contributed by atoms with E-state index in [1.165, 1.54) is 12.8 Å². The van der Waals surface area contributed by atoms with Crippen molar-refractivity contribution in [2.75, 3.05) is 7.05 Å². The number of aliphatic hydroxyl groups excluding tert-OH is 1. The second-order valence-corrected chi connectivity index (χ2v) is 11.8. The molecular formula is C45H48N2O. The van der Waals surface area contributed by atoms with Crippen LogP contribution in [0.5, 0.6) is 0 Å². The lowest BCUT2D eigenvalue weighted by atomic mass is 9.93. The summed E-state index contributed by atoms with van der Waals surface area (Å²) in [5.74, 6) is 0.266. The van der Waals surface area contributed by atoms with Gasteiger partial charge in [-0.2, -0.15) is 0 Å². The normalized spacial score (nSPS) is 11.6. The van der Waals surface area contributed by atoms with Crippen molar-refractivity contribution in [2.45, 2.75) is 47.5 Å². The van der Waals surface area contributed by atoms with Crippen LogP contribution in [0.1, 0.15) is 57.2 Å². The molecule has 0 unspecified atom stereocenters. The van der Waals surface area contributed by atoms with Crippen molar-refractivity contribution < 1.29 is 5.11 Å². The molecule has 0 fully saturated rings. The maximum Gasteiger partial charge on any atom is 0.113 e. The molecule has 0 radical (unpaired) electrons. The van der Waals surface area contributed by atoms with Gasteiger partial charge < -0.3 is 10.4 Å². The molecule has 0 atom stereocenters. The molecule has 0 bridgehead atoms. The van der Waals surface area contributed by atoms with E-state index in [2.05, 4.69) is 141 Å². The fourth-order valence-corrected chi connectivity index (χ4v) is 5.42. The van der Waals surface area contributed by atoms with Gasteiger partial charge >= 0.3 is 0 Å². The summed E-state index contributed by atoms with van der Waals surface area (Å²) in [5.41, 5.74) is 13.7. The van der Waals surface area contributed by atoms with Crippen molar-refractivity contribution in [3.8, 4) is 44.5 Å². The number of nitrogens with one attached hydrogen (secondary N) is 1. The van der Waals surface area contributed by atoms with E-state index >= 15 is 0 Å². The van der Waals surface area contributed by atoms with Crippen molar-refractivity contribution in [2.24, 2.45) is 4.99 Å². The van der Waals surface area contributed by atoms with Crippen molar-refractivity contribution in [1.29, 1.82) is 0 Å². The zero-order valence-corrected chi connectivity index (χ0v) is 29.2. The van der Waals surface area contributed by atoms with Gasteiger partial charge in [-0.15, -0.1) is 0 Å². The average Bonchev–Trinajstić information content (AvgIpc) is 3.12. The lowest BCUT2D eigenvalue weighted by Crippen LogP contribution is -2.07. The molecule has 3 heteroatoms. The number of nitrogens with zero attached hydrogens (tertiary/aromatic N) is 1. The quantitative estimate of drug-likeness (QED) is 0.119. The molecule has 0 saturated heterocycles. The van der Waals surface area contributed by atoms with Gasteiger partial charge in [0.05, 0.1) is 11.4 Å². The highest BCUT2D eigenvalue weighted by Crippen LogP contribution is 2.33. The van der Waals surface area contributed by atoms with Gasteiger partial charge in [0.2, 0.25) is 0 Å². The second-order valence-electron chi connectivity index (χ2n) is 11.8. The van der Waals surface area contributed by atoms with Gasteiger partial charge in [-0.3, -0.25) is 4.99 Å². The van der Waals surface area contributed by atoms with Crippen LogP contribution in [0.3, 0.4) is 0 Å². The van der Waals surface area contributed by atoms with Crippen LogP contribution < -0.4 is 5.32 Å². The number of aliphatic hydroxyl groups is 1. The molecule has 0 amide bonds. The zero-order chi connectivity index (χ0) is 34.5. The molecule has 0 aliphatic rings. The molecular weight excluding hydrogens is 585 g/mol. The summed E-state index contributed by atoms with van der Waals surface area (Å²) in [7, 11) is 1.82. The minimum atomic E-state index is 0.266. The van der Waals surface area contributed by atoms with Gasteiger partial charge in [0.1, 0.15) is 5.76 Å². The van der Waals surface area contributed by atoms with E-state index in [1.54, 1.807) is 13.1 Å². The van der Waals surface area contributed by atoms with Crippen LogP contribution in [0.15, 0.2) is 145 Å². The van der Waals surface area contributed by atoms with Crippen LogP contribution >= 0.6 is 0 Å². The van der Waals surface area contributed by atoms with Crippen LogP contribution in [-0.4, -0.2) is 18.4 Å². The van der Waals surface area contributed by atoms with Crippen LogP contribution in [0.4, 0.5) is 0 Å². The van der Waals surface area contributed by atoms with Gasteiger partial charge in [-0.25, -0.2) is 0 Å². The van der Waals surface area contributed by atoms with Gasteiger partial charge in [0.25, 0.3) is 0 Å². The molecule has 0 aliphatic heterocycles. The topological polar surface area (TPSA) is 44.6 Å². The highest BCUT2D eigenvalue weighted by Gasteiger charge is 2.10. The largest absolute Gasteiger partial charge is 0.510 e. The summed E-state index contributed by atoms with van der Waals surface area (Å²) in [4.78, 5) is 4.51. The van der Waals surface area contributed by atoms with Gasteiger partial charge in [0.15, 0.2) is 0 Å². The summed E-state index contributed by atoms with van der Waals surface area (Å²) >= 11 is 0. The minimum absolute atomic E-state index is 0.266. The van der Waals surface area contributed by atoms with E-state index < -0.39 is 0 Å². The first kappa shape index (κ1) is 35.4. The Morgan fingerprint density at radius 2 is 1.12 bits per heavy atom. The van der Waals surface area contributed by atoms with Crippen LogP contribution in [0, 0.1) is 6.92 Å². The van der Waals surface area contributed by atoms with Gasteiger partial charge in [0, 0.05) is 24.4 Å². The first-order chi connectivity index (χ1) is 23.3. The standard InChI is InChI=1S/C41H38N2O.C4H10/c1-6-7-22-43-29(3)40-27-38(21-20-28(40)2)36-17-10-15-34(25-36)32-13-8-12-31(23-32)33-14-9-16-35(24-33)37-18-11-19-39(26-37)41(42-5)30(4)44;1-3-4-2/h6-27,42,44H,3H2,1-2,4-5H3;3-4H2,1-2H3/b7-6-,41-30+,43-22?;. The van der Waals surface area contributed by atoms with Gasteiger partial charge in [-0.05, 0) is 107 Å². The number of hydrogen-bond acceptors (Lipinski definition) is 3. The minimum Gasteiger partial charge on any atom is -0.510 e. The van der Waals surface area contributed by atoms with Crippen molar-refractivity contribution in [3.63, 3.8) is 0 Å². The summed E-state index contributed by atoms with van der Waals surface area (Å²) in [6.45, 7) is 14.3. The number of hydrogen-bond donors (Lipinski definition) is 2. The fourth-order valence-electron chi connectivity index (χ4n) is 5.42. The summed E-state index contributed by atoms with van der Waals surface area (Å²) in [6.07, 6.45) is 8.28. The molecule has 244 valence electrons. The van der Waals surface area contributed by atoms with Crippen molar-refractivity contribution >= 4 is 17.6 Å². The summed E-state index contributed by atoms with van der Waals surface area (Å²) in [6, 6.07) is 40.7. The lowest BCUT2D eigenvalue weighted by Gasteiger charge is -2.12. The van der Waals surface area contributed by atoms with Crippen LogP contribution in [0.2, 0.25) is 0 Å². The zero-order valence-electron chi connectivity index (χ0n) is 29.2. The Labute approximate surface area is 287 Å². The third-order valence-corrected chi connectivity index (χ3v) is 8.24. The highest BCUT2D eigenvalue weighted by molar-refractivity contribution is 5.83. The number of allylic oxidation sites excluding steroid dienone is 3. The van der Waals surface area contributed by atoms with E-state index in [0.717, 1.165) is 72.6 Å². The monoisotopic (exact) mass is 632 g/mol. The number of rotatable bonds is 10. The Balaban J connectivity index is 0.00000123. The van der Waals surface area contributed by atoms with Crippen LogP contribution in [-0.2, 0) is 0 Å². The number of benzene rings is 5. The maximum atomic E-state index is 10.1. The Morgan fingerprint density at radius 1 is 0.688 bits per heavy atom. The molecule has 0 heterocycles. The Kier molecular flexibility index (Phi) is 12.9. The predicted molar refractivity (Wildman–Crippen MR) is 210 cm³/mol. The molecule has 5 rings (SSSR count). The average molecular weight is 633 g/mol. The molecule has 0 aliphatic carbocycles. The van der Waals surface area contributed by atoms with Crippen molar-refractivity contribution in [3.05, 3.63) is 156 Å². The summed E-state index contributed by atoms with van der Waals surface area (Å²) in [5, 5.41) is 13.2. The molecule has 5 aromatic rings. The van der Waals surface area contributed by atoms with E-state index in [0.29, 0.717) is 0 Å². The second kappa shape index (κ2) is 17.5. The summed E-state index contributed by atoms with van der Waals surface area (Å²) < 4.78 is 0. The highest BCUT2D eigenvalue weighted by atomic mass is 16.3. The lowest BCUT2D eigenvalue weighted by molar-refractivity contribution is 0.414. The molecule has 3 nitrogen and oxygen atoms in total. The van der Waals surface area contributed by atoms with Gasteiger partial charge in [-0.1, -0.05) is 124 Å². The first-order valence-corrected chi connectivity index (χ1v) is 16.7. The molecule has 0 saturated carbocycles. The molecule has 0 spiro atoms. The molecule has 2 N–H and O–H groups in total. The SMILES string of the molecule is C=C(N=C/C=C\C)c1cc(-c2cccc(-c3cccc(-c4cccc(-c5cccc(/C(NC)=C(/C)O)c5)c4)c3)c2)ccc1C.CCCC. The smallest absolute Gasteiger partial charge is 0.113 e. The van der Waals surface area contributed by atoms with Crippen LogP contribution in [0.25, 0.3) is 55.9 Å². The Hall–Kier alpha value is -5.41. The van der Waals surface area contributed by atoms with Crippen molar-refractivity contribution in [1.82, 2.24) is 5.32 Å². The fraction of sp³-hybridized carbons (Fsp3) is 0.178. The third-order valence-electron chi connectivity index (χ3n) is 8.24. The Morgan fingerprint density at radius 3 is 1.54 bits per heavy atom. The van der Waals surface area contributed by atoms with E-state index in [-0.39, 0.29) is 5.76 Å². The van der Waals surface area contributed by atoms with E-state index in [1.807, 2.05) is 38.3 Å². The van der Waals surface area contributed by atoms with E-state index in [4.69, 9.17) is 0 Å². The predicted octanol–water partition coefficient (Wildman–Crippen LogP) is 12.6. The first-order valence-electron chi connectivity index (χ1n) is 16.7. The maximum absolute atomic E-state index is 10.1. The Bertz CT molecular complexity index is 1940. The molecule has 0 aromatic heterocycles. The number of unbranched alkanes of at least 4 members (excludes halogenated alkanes) is 1. The molecule has 48 heavy (non-hydrogen) atoms. The molecule has 5 aromatic carbocycles.